The predicted molar refractivity (Wildman–Crippen MR) is 56.6 cm³/mol. The Morgan fingerprint density at radius 1 is 1.75 bits per heavy atom. The summed E-state index contributed by atoms with van der Waals surface area (Å²) in [6.07, 6.45) is 2.83. The van der Waals surface area contributed by atoms with Crippen LogP contribution in [0.2, 0.25) is 0 Å². The highest BCUT2D eigenvalue weighted by Crippen LogP contribution is 2.11. The molecule has 1 aromatic heterocycles. The lowest BCUT2D eigenvalue weighted by atomic mass is 10.3. The summed E-state index contributed by atoms with van der Waals surface area (Å²) in [5.74, 6) is 0. The average Bonchev–Trinajstić information content (AvgIpc) is 2.36. The molecule has 2 N–H and O–H groups in total. The van der Waals surface area contributed by atoms with E-state index in [1.807, 2.05) is 0 Å². The lowest BCUT2D eigenvalue weighted by Gasteiger charge is -1.91. The fourth-order valence-electron chi connectivity index (χ4n) is 0.950. The van der Waals surface area contributed by atoms with Crippen LogP contribution in [0.4, 0.5) is 0 Å². The normalized spacial score (nSPS) is 10.1. The van der Waals surface area contributed by atoms with Gasteiger partial charge >= 0.3 is 0 Å². The van der Waals surface area contributed by atoms with Crippen LogP contribution in [0, 0.1) is 0 Å². The minimum atomic E-state index is 0.521. The van der Waals surface area contributed by atoms with Crippen LogP contribution in [-0.2, 0) is 12.8 Å². The maximum atomic E-state index is 5.41. The van der Waals surface area contributed by atoms with Gasteiger partial charge in [0.15, 0.2) is 0 Å². The van der Waals surface area contributed by atoms with Crippen molar-refractivity contribution in [3.05, 3.63) is 16.1 Å². The summed E-state index contributed by atoms with van der Waals surface area (Å²) in [4.78, 5) is 4.91. The Balaban J connectivity index is 2.58. The first-order valence-electron chi connectivity index (χ1n) is 3.94. The fraction of sp³-hybridized carbons (Fsp3) is 0.500. The molecule has 0 atom stereocenters. The summed E-state index contributed by atoms with van der Waals surface area (Å²) >= 11 is 6.44. The lowest BCUT2D eigenvalue weighted by molar-refractivity contribution is 0.886. The van der Waals surface area contributed by atoms with Crippen LogP contribution >= 0.6 is 23.6 Å². The second-order valence-electron chi connectivity index (χ2n) is 2.63. The standard InChI is InChI=1S/C8H12N2S2/c1-2-3-6-5-12-8(10-6)4-7(9)11/h5H,2-4H2,1H3,(H2,9,11). The zero-order valence-electron chi connectivity index (χ0n) is 7.04. The maximum absolute atomic E-state index is 5.41. The molecular formula is C8H12N2S2. The van der Waals surface area contributed by atoms with Gasteiger partial charge in [-0.15, -0.1) is 11.3 Å². The molecule has 1 rings (SSSR count). The van der Waals surface area contributed by atoms with E-state index in [0.29, 0.717) is 11.4 Å². The van der Waals surface area contributed by atoms with Gasteiger partial charge in [0.05, 0.1) is 15.7 Å². The van der Waals surface area contributed by atoms with E-state index in [0.717, 1.165) is 23.5 Å². The molecule has 2 nitrogen and oxygen atoms in total. The van der Waals surface area contributed by atoms with Crippen LogP contribution in [0.5, 0.6) is 0 Å². The molecule has 66 valence electrons. The third kappa shape index (κ3) is 2.87. The quantitative estimate of drug-likeness (QED) is 0.755. The Morgan fingerprint density at radius 2 is 2.50 bits per heavy atom. The molecule has 1 heterocycles. The molecule has 0 spiro atoms. The predicted octanol–water partition coefficient (Wildman–Crippen LogP) is 1.92. The second-order valence-corrected chi connectivity index (χ2v) is 4.09. The smallest absolute Gasteiger partial charge is 0.0995 e. The Kier molecular flexibility index (Phi) is 3.62. The first-order valence-corrected chi connectivity index (χ1v) is 5.22. The molecule has 0 fully saturated rings. The first kappa shape index (κ1) is 9.61. The van der Waals surface area contributed by atoms with Crippen molar-refractivity contribution >= 4 is 28.5 Å². The number of thiazole rings is 1. The monoisotopic (exact) mass is 200 g/mol. The van der Waals surface area contributed by atoms with Crippen LogP contribution in [0.15, 0.2) is 5.38 Å². The zero-order chi connectivity index (χ0) is 8.97. The summed E-state index contributed by atoms with van der Waals surface area (Å²) < 4.78 is 0. The van der Waals surface area contributed by atoms with Gasteiger partial charge in [-0.25, -0.2) is 4.98 Å². The van der Waals surface area contributed by atoms with Crippen molar-refractivity contribution in [2.75, 3.05) is 0 Å². The molecule has 0 bridgehead atoms. The fourth-order valence-corrected chi connectivity index (χ4v) is 2.03. The van der Waals surface area contributed by atoms with Crippen molar-refractivity contribution < 1.29 is 0 Å². The van der Waals surface area contributed by atoms with Crippen LogP contribution in [0.25, 0.3) is 0 Å². The van der Waals surface area contributed by atoms with Crippen LogP contribution in [0.1, 0.15) is 24.0 Å². The number of nitrogens with zero attached hydrogens (tertiary/aromatic N) is 1. The van der Waals surface area contributed by atoms with E-state index in [1.54, 1.807) is 11.3 Å². The topological polar surface area (TPSA) is 38.9 Å². The molecule has 0 aromatic carbocycles. The summed E-state index contributed by atoms with van der Waals surface area (Å²) in [6, 6.07) is 0. The van der Waals surface area contributed by atoms with Crippen LogP contribution in [-0.4, -0.2) is 9.97 Å². The van der Waals surface area contributed by atoms with Gasteiger partial charge in [0.1, 0.15) is 0 Å². The number of aromatic nitrogens is 1. The van der Waals surface area contributed by atoms with E-state index < -0.39 is 0 Å². The molecule has 4 heteroatoms. The molecule has 0 radical (unpaired) electrons. The number of nitrogens with two attached hydrogens (primary N) is 1. The highest BCUT2D eigenvalue weighted by molar-refractivity contribution is 7.80. The summed E-state index contributed by atoms with van der Waals surface area (Å²) in [5, 5.41) is 3.11. The van der Waals surface area contributed by atoms with Crippen molar-refractivity contribution in [1.82, 2.24) is 4.98 Å². The molecule has 1 aromatic rings. The number of hydrogen-bond donors (Lipinski definition) is 1. The molecule has 0 aliphatic rings. The van der Waals surface area contributed by atoms with Gasteiger partial charge < -0.3 is 5.73 Å². The van der Waals surface area contributed by atoms with E-state index in [9.17, 15) is 0 Å². The highest BCUT2D eigenvalue weighted by atomic mass is 32.1. The van der Waals surface area contributed by atoms with Gasteiger partial charge in [0, 0.05) is 11.8 Å². The van der Waals surface area contributed by atoms with Gasteiger partial charge in [-0.2, -0.15) is 0 Å². The number of rotatable bonds is 4. The minimum Gasteiger partial charge on any atom is -0.393 e. The second kappa shape index (κ2) is 4.52. The largest absolute Gasteiger partial charge is 0.393 e. The van der Waals surface area contributed by atoms with Gasteiger partial charge in [0.25, 0.3) is 0 Å². The molecule has 12 heavy (non-hydrogen) atoms. The third-order valence-electron chi connectivity index (χ3n) is 1.43. The van der Waals surface area contributed by atoms with Crippen molar-refractivity contribution in [3.8, 4) is 0 Å². The number of hydrogen-bond acceptors (Lipinski definition) is 3. The number of aryl methyl sites for hydroxylation is 1. The van der Waals surface area contributed by atoms with Crippen molar-refractivity contribution in [1.29, 1.82) is 0 Å². The molecule has 0 amide bonds. The summed E-state index contributed by atoms with van der Waals surface area (Å²) in [7, 11) is 0. The highest BCUT2D eigenvalue weighted by Gasteiger charge is 2.01. The molecule has 0 saturated heterocycles. The van der Waals surface area contributed by atoms with Gasteiger partial charge in [-0.05, 0) is 6.42 Å². The van der Waals surface area contributed by atoms with E-state index >= 15 is 0 Å². The Morgan fingerprint density at radius 3 is 3.08 bits per heavy atom. The molecule has 0 aliphatic heterocycles. The minimum absolute atomic E-state index is 0.521. The van der Waals surface area contributed by atoms with Crippen molar-refractivity contribution in [2.45, 2.75) is 26.2 Å². The zero-order valence-corrected chi connectivity index (χ0v) is 8.67. The molecule has 0 unspecified atom stereocenters. The third-order valence-corrected chi connectivity index (χ3v) is 2.47. The van der Waals surface area contributed by atoms with E-state index in [-0.39, 0.29) is 0 Å². The van der Waals surface area contributed by atoms with E-state index in [1.165, 1.54) is 0 Å². The lowest BCUT2D eigenvalue weighted by Crippen LogP contribution is -2.10. The summed E-state index contributed by atoms with van der Waals surface area (Å²) in [6.45, 7) is 2.15. The average molecular weight is 200 g/mol. The SMILES string of the molecule is CCCc1csc(CC(N)=S)n1. The Hall–Kier alpha value is -0.480. The van der Waals surface area contributed by atoms with Gasteiger partial charge in [-0.1, -0.05) is 25.6 Å². The van der Waals surface area contributed by atoms with Gasteiger partial charge in [0.2, 0.25) is 0 Å². The molecular weight excluding hydrogens is 188 g/mol. The first-order chi connectivity index (χ1) is 5.72. The molecule has 0 aliphatic carbocycles. The summed E-state index contributed by atoms with van der Waals surface area (Å²) in [5.41, 5.74) is 6.57. The van der Waals surface area contributed by atoms with E-state index in [4.69, 9.17) is 18.0 Å². The Bertz CT molecular complexity index is 268. The van der Waals surface area contributed by atoms with E-state index in [2.05, 4.69) is 17.3 Å². The maximum Gasteiger partial charge on any atom is 0.0995 e. The van der Waals surface area contributed by atoms with Crippen LogP contribution in [0.3, 0.4) is 0 Å². The molecule has 0 saturated carbocycles. The van der Waals surface area contributed by atoms with Gasteiger partial charge in [-0.3, -0.25) is 0 Å². The van der Waals surface area contributed by atoms with Crippen LogP contribution < -0.4 is 5.73 Å². The number of thiocarbonyl (C=S) groups is 1. The van der Waals surface area contributed by atoms with Crippen molar-refractivity contribution in [2.24, 2.45) is 5.73 Å². The Labute approximate surface area is 81.8 Å². The van der Waals surface area contributed by atoms with Crippen molar-refractivity contribution in [3.63, 3.8) is 0 Å².